The zero-order valence-corrected chi connectivity index (χ0v) is 7.49. The van der Waals surface area contributed by atoms with Crippen molar-refractivity contribution in [2.45, 2.75) is 20.0 Å². The van der Waals surface area contributed by atoms with E-state index in [0.29, 0.717) is 0 Å². The monoisotopic (exact) mass is 162 g/mol. The SMILES string of the molecule is Cc1cccc(/C=C/[C@H](C)O)c1. The van der Waals surface area contributed by atoms with Crippen LogP contribution < -0.4 is 0 Å². The molecule has 1 N–H and O–H groups in total. The van der Waals surface area contributed by atoms with E-state index in [1.807, 2.05) is 18.2 Å². The van der Waals surface area contributed by atoms with Gasteiger partial charge in [0.25, 0.3) is 0 Å². The number of benzene rings is 1. The van der Waals surface area contributed by atoms with E-state index in [0.717, 1.165) is 5.56 Å². The lowest BCUT2D eigenvalue weighted by Crippen LogP contribution is -1.91. The molecule has 0 saturated carbocycles. The standard InChI is InChI=1S/C11H14O/c1-9-4-3-5-11(8-9)7-6-10(2)12/h3-8,10,12H,1-2H3/b7-6+/t10-/m0/s1. The molecule has 1 rings (SSSR count). The Bertz CT molecular complexity index is 274. The number of rotatable bonds is 2. The average Bonchev–Trinajstić information content (AvgIpc) is 2.01. The van der Waals surface area contributed by atoms with E-state index >= 15 is 0 Å². The molecule has 1 aromatic rings. The summed E-state index contributed by atoms with van der Waals surface area (Å²) in [5.74, 6) is 0. The summed E-state index contributed by atoms with van der Waals surface area (Å²) >= 11 is 0. The highest BCUT2D eigenvalue weighted by molar-refractivity contribution is 5.50. The summed E-state index contributed by atoms with van der Waals surface area (Å²) in [7, 11) is 0. The lowest BCUT2D eigenvalue weighted by Gasteiger charge is -1.96. The first-order valence-corrected chi connectivity index (χ1v) is 4.11. The van der Waals surface area contributed by atoms with Gasteiger partial charge in [-0.1, -0.05) is 42.0 Å². The third kappa shape index (κ3) is 2.89. The Balaban J connectivity index is 2.76. The predicted molar refractivity (Wildman–Crippen MR) is 51.9 cm³/mol. The van der Waals surface area contributed by atoms with Crippen LogP contribution in [0.3, 0.4) is 0 Å². The summed E-state index contributed by atoms with van der Waals surface area (Å²) in [6, 6.07) is 8.17. The minimum absolute atomic E-state index is 0.370. The van der Waals surface area contributed by atoms with Crippen LogP contribution in [-0.4, -0.2) is 11.2 Å². The molecule has 0 fully saturated rings. The normalized spacial score (nSPS) is 13.6. The molecule has 1 heteroatoms. The summed E-state index contributed by atoms with van der Waals surface area (Å²) < 4.78 is 0. The number of hydrogen-bond acceptors (Lipinski definition) is 1. The first-order chi connectivity index (χ1) is 5.68. The average molecular weight is 162 g/mol. The minimum Gasteiger partial charge on any atom is -0.389 e. The van der Waals surface area contributed by atoms with Gasteiger partial charge in [-0.3, -0.25) is 0 Å². The maximum Gasteiger partial charge on any atom is 0.0696 e. The van der Waals surface area contributed by atoms with Crippen molar-refractivity contribution in [2.24, 2.45) is 0 Å². The molecule has 1 aromatic carbocycles. The second-order valence-corrected chi connectivity index (χ2v) is 3.01. The first-order valence-electron chi connectivity index (χ1n) is 4.11. The Kier molecular flexibility index (Phi) is 3.06. The molecule has 0 aliphatic heterocycles. The smallest absolute Gasteiger partial charge is 0.0696 e. The van der Waals surface area contributed by atoms with Gasteiger partial charge in [0.15, 0.2) is 0 Å². The van der Waals surface area contributed by atoms with Gasteiger partial charge >= 0.3 is 0 Å². The minimum atomic E-state index is -0.370. The van der Waals surface area contributed by atoms with Gasteiger partial charge in [0.1, 0.15) is 0 Å². The largest absolute Gasteiger partial charge is 0.389 e. The van der Waals surface area contributed by atoms with Crippen molar-refractivity contribution >= 4 is 6.08 Å². The fraction of sp³-hybridized carbons (Fsp3) is 0.273. The molecule has 1 atom stereocenters. The molecule has 1 nitrogen and oxygen atoms in total. The van der Waals surface area contributed by atoms with Crippen LogP contribution in [0.25, 0.3) is 6.08 Å². The molecular weight excluding hydrogens is 148 g/mol. The Labute approximate surface area is 73.4 Å². The summed E-state index contributed by atoms with van der Waals surface area (Å²) in [5.41, 5.74) is 2.37. The van der Waals surface area contributed by atoms with E-state index in [4.69, 9.17) is 5.11 Å². The molecule has 0 aliphatic carbocycles. The fourth-order valence-corrected chi connectivity index (χ4v) is 1.02. The molecular formula is C11H14O. The van der Waals surface area contributed by atoms with Crippen molar-refractivity contribution in [3.8, 4) is 0 Å². The Morgan fingerprint density at radius 1 is 1.42 bits per heavy atom. The van der Waals surface area contributed by atoms with Gasteiger partial charge < -0.3 is 5.11 Å². The summed E-state index contributed by atoms with van der Waals surface area (Å²) in [4.78, 5) is 0. The van der Waals surface area contributed by atoms with Gasteiger partial charge in [0.2, 0.25) is 0 Å². The molecule has 0 spiro atoms. The van der Waals surface area contributed by atoms with Crippen LogP contribution >= 0.6 is 0 Å². The maximum atomic E-state index is 9.00. The van der Waals surface area contributed by atoms with Crippen LogP contribution in [0.5, 0.6) is 0 Å². The number of aliphatic hydroxyl groups excluding tert-OH is 1. The number of aliphatic hydroxyl groups is 1. The van der Waals surface area contributed by atoms with Crippen LogP contribution in [0.2, 0.25) is 0 Å². The highest BCUT2D eigenvalue weighted by atomic mass is 16.3. The van der Waals surface area contributed by atoms with Gasteiger partial charge in [-0.25, -0.2) is 0 Å². The van der Waals surface area contributed by atoms with Crippen LogP contribution in [-0.2, 0) is 0 Å². The molecule has 0 bridgehead atoms. The van der Waals surface area contributed by atoms with Crippen LogP contribution in [0, 0.1) is 6.92 Å². The predicted octanol–water partition coefficient (Wildman–Crippen LogP) is 2.39. The third-order valence-electron chi connectivity index (χ3n) is 1.61. The van der Waals surface area contributed by atoms with Crippen LogP contribution in [0.4, 0.5) is 0 Å². The van der Waals surface area contributed by atoms with Gasteiger partial charge in [0, 0.05) is 0 Å². The molecule has 0 unspecified atom stereocenters. The Morgan fingerprint density at radius 2 is 2.17 bits per heavy atom. The van der Waals surface area contributed by atoms with Gasteiger partial charge in [-0.2, -0.15) is 0 Å². The Morgan fingerprint density at radius 3 is 2.75 bits per heavy atom. The fourth-order valence-electron chi connectivity index (χ4n) is 1.02. The quantitative estimate of drug-likeness (QED) is 0.708. The maximum absolute atomic E-state index is 9.00. The highest BCUT2D eigenvalue weighted by Gasteiger charge is 1.88. The number of hydrogen-bond donors (Lipinski definition) is 1. The molecule has 0 aromatic heterocycles. The van der Waals surface area contributed by atoms with E-state index in [1.165, 1.54) is 5.56 Å². The van der Waals surface area contributed by atoms with Gasteiger partial charge in [-0.05, 0) is 19.4 Å². The van der Waals surface area contributed by atoms with Crippen molar-refractivity contribution < 1.29 is 5.11 Å². The van der Waals surface area contributed by atoms with Crippen molar-refractivity contribution in [1.29, 1.82) is 0 Å². The molecule has 64 valence electrons. The molecule has 0 heterocycles. The van der Waals surface area contributed by atoms with Crippen LogP contribution in [0.15, 0.2) is 30.3 Å². The van der Waals surface area contributed by atoms with Crippen LogP contribution in [0.1, 0.15) is 18.1 Å². The van der Waals surface area contributed by atoms with E-state index in [1.54, 1.807) is 13.0 Å². The topological polar surface area (TPSA) is 20.2 Å². The number of aryl methyl sites for hydroxylation is 1. The van der Waals surface area contributed by atoms with Crippen molar-refractivity contribution in [1.82, 2.24) is 0 Å². The summed E-state index contributed by atoms with van der Waals surface area (Å²) in [6.07, 6.45) is 3.33. The van der Waals surface area contributed by atoms with E-state index in [2.05, 4.69) is 19.1 Å². The third-order valence-corrected chi connectivity index (χ3v) is 1.61. The van der Waals surface area contributed by atoms with E-state index < -0.39 is 0 Å². The van der Waals surface area contributed by atoms with Gasteiger partial charge in [0.05, 0.1) is 6.10 Å². The molecule has 0 aliphatic rings. The van der Waals surface area contributed by atoms with Crippen molar-refractivity contribution in [3.05, 3.63) is 41.5 Å². The van der Waals surface area contributed by atoms with E-state index in [9.17, 15) is 0 Å². The zero-order chi connectivity index (χ0) is 8.97. The second-order valence-electron chi connectivity index (χ2n) is 3.01. The van der Waals surface area contributed by atoms with E-state index in [-0.39, 0.29) is 6.10 Å². The first kappa shape index (κ1) is 9.01. The molecule has 0 amide bonds. The van der Waals surface area contributed by atoms with Crippen molar-refractivity contribution in [3.63, 3.8) is 0 Å². The lowest BCUT2D eigenvalue weighted by atomic mass is 10.1. The molecule has 12 heavy (non-hydrogen) atoms. The van der Waals surface area contributed by atoms with Crippen molar-refractivity contribution in [2.75, 3.05) is 0 Å². The zero-order valence-electron chi connectivity index (χ0n) is 7.49. The second kappa shape index (κ2) is 4.07. The lowest BCUT2D eigenvalue weighted by molar-refractivity contribution is 0.245. The summed E-state index contributed by atoms with van der Waals surface area (Å²) in [5, 5.41) is 9.00. The summed E-state index contributed by atoms with van der Waals surface area (Å²) in [6.45, 7) is 3.80. The molecule has 0 saturated heterocycles. The molecule has 0 radical (unpaired) electrons. The highest BCUT2D eigenvalue weighted by Crippen LogP contribution is 2.05. The Hall–Kier alpha value is -1.08. The van der Waals surface area contributed by atoms with Gasteiger partial charge in [-0.15, -0.1) is 0 Å².